The Kier molecular flexibility index (Phi) is 4.53. The highest BCUT2D eigenvalue weighted by Crippen LogP contribution is 2.39. The molecule has 1 aliphatic rings. The Bertz CT molecular complexity index is 1090. The van der Waals surface area contributed by atoms with Gasteiger partial charge in [-0.2, -0.15) is 12.7 Å². The lowest BCUT2D eigenvalue weighted by Crippen LogP contribution is -2.36. The van der Waals surface area contributed by atoms with Crippen LogP contribution >= 0.6 is 11.6 Å². The number of fused-ring (bicyclic) bond motifs is 1. The van der Waals surface area contributed by atoms with Gasteiger partial charge in [0.15, 0.2) is 0 Å². The summed E-state index contributed by atoms with van der Waals surface area (Å²) in [4.78, 5) is 12.8. The first-order valence-corrected chi connectivity index (χ1v) is 10.2. The third kappa shape index (κ3) is 3.26. The van der Waals surface area contributed by atoms with Crippen LogP contribution in [-0.2, 0) is 10.2 Å². The Morgan fingerprint density at radius 3 is 2.78 bits per heavy atom. The zero-order valence-corrected chi connectivity index (χ0v) is 16.4. The lowest BCUT2D eigenvalue weighted by Gasteiger charge is -2.35. The van der Waals surface area contributed by atoms with Gasteiger partial charge in [-0.25, -0.2) is 13.9 Å². The molecule has 27 heavy (non-hydrogen) atoms. The molecule has 3 aromatic rings. The van der Waals surface area contributed by atoms with Crippen LogP contribution in [0.3, 0.4) is 0 Å². The molecule has 0 unspecified atom stereocenters. The second kappa shape index (κ2) is 6.74. The molecule has 142 valence electrons. The van der Waals surface area contributed by atoms with Crippen molar-refractivity contribution in [3.63, 3.8) is 0 Å². The van der Waals surface area contributed by atoms with Crippen LogP contribution in [-0.4, -0.2) is 51.8 Å². The van der Waals surface area contributed by atoms with Gasteiger partial charge in [-0.15, -0.1) is 0 Å². The quantitative estimate of drug-likeness (QED) is 0.603. The zero-order valence-electron chi connectivity index (χ0n) is 14.8. The molecule has 3 heterocycles. The van der Waals surface area contributed by atoms with E-state index in [0.717, 1.165) is 10.9 Å². The van der Waals surface area contributed by atoms with Crippen molar-refractivity contribution in [2.75, 3.05) is 14.1 Å². The number of nitrogens with zero attached hydrogens (tertiary/aromatic N) is 5. The van der Waals surface area contributed by atoms with Crippen LogP contribution in [0.15, 0.2) is 36.8 Å². The predicted octanol–water partition coefficient (Wildman–Crippen LogP) is 2.46. The van der Waals surface area contributed by atoms with Crippen LogP contribution in [0, 0.1) is 0 Å². The minimum atomic E-state index is -3.59. The summed E-state index contributed by atoms with van der Waals surface area (Å²) in [7, 11) is -0.596. The van der Waals surface area contributed by atoms with E-state index < -0.39 is 10.2 Å². The fraction of sp³-hybridized carbons (Fsp3) is 0.353. The van der Waals surface area contributed by atoms with Gasteiger partial charge in [-0.1, -0.05) is 11.6 Å². The number of halogens is 1. The number of aromatic nitrogens is 4. The van der Waals surface area contributed by atoms with Gasteiger partial charge in [0, 0.05) is 44.7 Å². The first-order chi connectivity index (χ1) is 12.9. The van der Waals surface area contributed by atoms with E-state index in [1.807, 2.05) is 12.1 Å². The fourth-order valence-electron chi connectivity index (χ4n) is 3.10. The smallest absolute Gasteiger partial charge is 0.308 e. The van der Waals surface area contributed by atoms with E-state index in [9.17, 15) is 8.42 Å². The average Bonchev–Trinajstić information content (AvgIpc) is 3.07. The van der Waals surface area contributed by atoms with E-state index in [2.05, 4.69) is 15.0 Å². The summed E-state index contributed by atoms with van der Waals surface area (Å²) >= 11 is 6.06. The van der Waals surface area contributed by atoms with E-state index in [1.165, 1.54) is 34.8 Å². The number of pyridine rings is 2. The average molecular weight is 408 g/mol. The molecule has 8 nitrogen and oxygen atoms in total. The molecule has 0 radical (unpaired) electrons. The maximum Gasteiger partial charge on any atom is 0.308 e. The minimum Gasteiger partial charge on any atom is -0.474 e. The molecular formula is C17H18ClN5O3S. The number of hydrogen-bond donors (Lipinski definition) is 0. The Morgan fingerprint density at radius 2 is 2.04 bits per heavy atom. The van der Waals surface area contributed by atoms with Crippen LogP contribution in [0.1, 0.15) is 24.6 Å². The van der Waals surface area contributed by atoms with Crippen molar-refractivity contribution >= 4 is 32.7 Å². The van der Waals surface area contributed by atoms with Crippen LogP contribution in [0.2, 0.25) is 5.15 Å². The van der Waals surface area contributed by atoms with Gasteiger partial charge in [0.2, 0.25) is 5.88 Å². The maximum absolute atomic E-state index is 12.4. The molecule has 1 aliphatic carbocycles. The molecule has 0 atom stereocenters. The van der Waals surface area contributed by atoms with Gasteiger partial charge < -0.3 is 4.74 Å². The highest BCUT2D eigenvalue weighted by atomic mass is 35.5. The van der Waals surface area contributed by atoms with Crippen molar-refractivity contribution in [3.05, 3.63) is 47.8 Å². The van der Waals surface area contributed by atoms with Gasteiger partial charge in [0.25, 0.3) is 0 Å². The van der Waals surface area contributed by atoms with Crippen LogP contribution in [0.4, 0.5) is 0 Å². The molecule has 0 saturated heterocycles. The van der Waals surface area contributed by atoms with Crippen molar-refractivity contribution in [2.24, 2.45) is 0 Å². The number of imidazole rings is 1. The summed E-state index contributed by atoms with van der Waals surface area (Å²) in [5, 5.41) is 1.11. The molecule has 0 bridgehead atoms. The largest absolute Gasteiger partial charge is 0.474 e. The molecule has 0 amide bonds. The monoisotopic (exact) mass is 407 g/mol. The molecule has 0 N–H and O–H groups in total. The van der Waals surface area contributed by atoms with Gasteiger partial charge >= 0.3 is 10.2 Å². The van der Waals surface area contributed by atoms with Crippen LogP contribution in [0.25, 0.3) is 10.9 Å². The number of ether oxygens (including phenoxy) is 1. The molecular weight excluding hydrogens is 390 g/mol. The lowest BCUT2D eigenvalue weighted by atomic mass is 9.82. The Hall–Kier alpha value is -2.23. The topological polar surface area (TPSA) is 90.2 Å². The van der Waals surface area contributed by atoms with Gasteiger partial charge in [-0.3, -0.25) is 4.98 Å². The normalized spacial score (nSPS) is 20.0. The highest BCUT2D eigenvalue weighted by Gasteiger charge is 2.37. The fourth-order valence-corrected chi connectivity index (χ4v) is 4.27. The molecule has 1 fully saturated rings. The first-order valence-electron chi connectivity index (χ1n) is 8.40. The summed E-state index contributed by atoms with van der Waals surface area (Å²) in [6.07, 6.45) is 5.87. The molecule has 10 heteroatoms. The van der Waals surface area contributed by atoms with Crippen LogP contribution < -0.4 is 4.74 Å². The van der Waals surface area contributed by atoms with E-state index in [4.69, 9.17) is 16.3 Å². The lowest BCUT2D eigenvalue weighted by molar-refractivity contribution is 0.0920. The van der Waals surface area contributed by atoms with E-state index >= 15 is 0 Å². The third-order valence-electron chi connectivity index (χ3n) is 4.62. The standard InChI is InChI=1S/C17H18ClN5O3S/c1-22(2)27(24,25)23-7-6-20-16(23)11-8-12(9-11)26-17-13-4-3-5-19-14(13)10-15(18)21-17/h3-7,10-12H,8-9H2,1-2H3. The molecule has 0 spiro atoms. The molecule has 3 aromatic heterocycles. The number of rotatable bonds is 5. The van der Waals surface area contributed by atoms with Crippen molar-refractivity contribution in [1.82, 2.24) is 23.2 Å². The summed E-state index contributed by atoms with van der Waals surface area (Å²) in [6, 6.07) is 5.39. The summed E-state index contributed by atoms with van der Waals surface area (Å²) in [6.45, 7) is 0. The molecule has 0 aliphatic heterocycles. The first kappa shape index (κ1) is 18.1. The summed E-state index contributed by atoms with van der Waals surface area (Å²) < 4.78 is 33.2. The van der Waals surface area contributed by atoms with Crippen molar-refractivity contribution < 1.29 is 13.2 Å². The molecule has 1 saturated carbocycles. The maximum atomic E-state index is 12.4. The summed E-state index contributed by atoms with van der Waals surface area (Å²) in [5.74, 6) is 0.968. The molecule has 4 rings (SSSR count). The Labute approximate surface area is 162 Å². The van der Waals surface area contributed by atoms with Crippen molar-refractivity contribution in [2.45, 2.75) is 24.9 Å². The number of hydrogen-bond acceptors (Lipinski definition) is 6. The van der Waals surface area contributed by atoms with Gasteiger partial charge in [0.1, 0.15) is 17.1 Å². The predicted molar refractivity (Wildman–Crippen MR) is 101 cm³/mol. The SMILES string of the molecule is CN(C)S(=O)(=O)n1ccnc1C1CC(Oc2nc(Cl)cc3ncccc23)C1. The second-order valence-electron chi connectivity index (χ2n) is 6.60. The Balaban J connectivity index is 1.52. The highest BCUT2D eigenvalue weighted by molar-refractivity contribution is 7.87. The minimum absolute atomic E-state index is 0.00305. The van der Waals surface area contributed by atoms with E-state index in [1.54, 1.807) is 12.3 Å². The zero-order chi connectivity index (χ0) is 19.2. The molecule has 0 aromatic carbocycles. The summed E-state index contributed by atoms with van der Waals surface area (Å²) in [5.41, 5.74) is 0.719. The second-order valence-corrected chi connectivity index (χ2v) is 9.01. The van der Waals surface area contributed by atoms with Crippen molar-refractivity contribution in [1.29, 1.82) is 0 Å². The van der Waals surface area contributed by atoms with Crippen molar-refractivity contribution in [3.8, 4) is 5.88 Å². The third-order valence-corrected chi connectivity index (χ3v) is 6.54. The van der Waals surface area contributed by atoms with Crippen LogP contribution in [0.5, 0.6) is 5.88 Å². The van der Waals surface area contributed by atoms with E-state index in [-0.39, 0.29) is 12.0 Å². The van der Waals surface area contributed by atoms with E-state index in [0.29, 0.717) is 29.7 Å². The van der Waals surface area contributed by atoms with Gasteiger partial charge in [0.05, 0.1) is 10.9 Å². The van der Waals surface area contributed by atoms with Gasteiger partial charge in [-0.05, 0) is 25.0 Å². The Morgan fingerprint density at radius 1 is 1.26 bits per heavy atom.